The first kappa shape index (κ1) is 13.2. The van der Waals surface area contributed by atoms with Crippen LogP contribution in [0.15, 0.2) is 41.1 Å². The lowest BCUT2D eigenvalue weighted by Gasteiger charge is -2.18. The normalized spacial score (nSPS) is 12.4. The van der Waals surface area contributed by atoms with E-state index in [4.69, 9.17) is 5.84 Å². The fourth-order valence-corrected chi connectivity index (χ4v) is 2.31. The molecular weight excluding hydrogens is 290 g/mol. The van der Waals surface area contributed by atoms with Crippen LogP contribution in [0, 0.1) is 13.8 Å². The summed E-state index contributed by atoms with van der Waals surface area (Å²) in [6, 6.07) is 8.16. The number of hydrogen-bond donors (Lipinski definition) is 2. The topological polar surface area (TPSA) is 50.9 Å². The molecule has 0 radical (unpaired) electrons. The molecule has 0 fully saturated rings. The SMILES string of the molecule is Cc1cc(C(NN)c2cccnc2)cc(C)c1Br. The van der Waals surface area contributed by atoms with Gasteiger partial charge in [-0.3, -0.25) is 10.8 Å². The molecule has 3 nitrogen and oxygen atoms in total. The van der Waals surface area contributed by atoms with Gasteiger partial charge in [0.15, 0.2) is 0 Å². The van der Waals surface area contributed by atoms with Crippen LogP contribution in [0.5, 0.6) is 0 Å². The minimum absolute atomic E-state index is 0.0378. The quantitative estimate of drug-likeness (QED) is 0.677. The Bertz CT molecular complexity index is 517. The van der Waals surface area contributed by atoms with E-state index in [0.717, 1.165) is 15.6 Å². The molecule has 0 aliphatic rings. The summed E-state index contributed by atoms with van der Waals surface area (Å²) >= 11 is 3.58. The Morgan fingerprint density at radius 1 is 1.22 bits per heavy atom. The molecule has 2 aromatic rings. The van der Waals surface area contributed by atoms with E-state index >= 15 is 0 Å². The molecule has 1 unspecified atom stereocenters. The second-order valence-electron chi connectivity index (χ2n) is 4.35. The van der Waals surface area contributed by atoms with Gasteiger partial charge >= 0.3 is 0 Å². The van der Waals surface area contributed by atoms with E-state index in [1.165, 1.54) is 11.1 Å². The van der Waals surface area contributed by atoms with E-state index in [2.05, 4.69) is 52.3 Å². The number of hydrazine groups is 1. The highest BCUT2D eigenvalue weighted by molar-refractivity contribution is 9.10. The Kier molecular flexibility index (Phi) is 4.11. The van der Waals surface area contributed by atoms with Crippen molar-refractivity contribution in [2.24, 2.45) is 5.84 Å². The van der Waals surface area contributed by atoms with Crippen LogP contribution in [-0.2, 0) is 0 Å². The maximum Gasteiger partial charge on any atom is 0.0725 e. The van der Waals surface area contributed by atoms with Gasteiger partial charge in [0.1, 0.15) is 0 Å². The number of rotatable bonds is 3. The summed E-state index contributed by atoms with van der Waals surface area (Å²) < 4.78 is 1.15. The van der Waals surface area contributed by atoms with Crippen molar-refractivity contribution in [2.75, 3.05) is 0 Å². The molecule has 0 aliphatic heterocycles. The van der Waals surface area contributed by atoms with Crippen molar-refractivity contribution in [3.05, 3.63) is 63.4 Å². The smallest absolute Gasteiger partial charge is 0.0725 e. The van der Waals surface area contributed by atoms with E-state index < -0.39 is 0 Å². The number of nitrogens with one attached hydrogen (secondary N) is 1. The Balaban J connectivity index is 2.46. The number of halogens is 1. The Morgan fingerprint density at radius 2 is 1.89 bits per heavy atom. The third-order valence-electron chi connectivity index (χ3n) is 2.98. The van der Waals surface area contributed by atoms with Crippen LogP contribution < -0.4 is 11.3 Å². The van der Waals surface area contributed by atoms with E-state index in [1.807, 2.05) is 18.3 Å². The van der Waals surface area contributed by atoms with Crippen LogP contribution in [0.4, 0.5) is 0 Å². The zero-order valence-electron chi connectivity index (χ0n) is 10.4. The monoisotopic (exact) mass is 305 g/mol. The average Bonchev–Trinajstić information content (AvgIpc) is 2.38. The van der Waals surface area contributed by atoms with Crippen LogP contribution in [0.1, 0.15) is 28.3 Å². The van der Waals surface area contributed by atoms with Crippen LogP contribution in [-0.4, -0.2) is 4.98 Å². The molecule has 2 rings (SSSR count). The molecule has 1 aromatic carbocycles. The van der Waals surface area contributed by atoms with Crippen molar-refractivity contribution in [1.29, 1.82) is 0 Å². The van der Waals surface area contributed by atoms with E-state index in [0.29, 0.717) is 0 Å². The van der Waals surface area contributed by atoms with Gasteiger partial charge in [-0.2, -0.15) is 0 Å². The second-order valence-corrected chi connectivity index (χ2v) is 5.15. The van der Waals surface area contributed by atoms with Crippen molar-refractivity contribution in [1.82, 2.24) is 10.4 Å². The lowest BCUT2D eigenvalue weighted by molar-refractivity contribution is 0.633. The number of hydrogen-bond acceptors (Lipinski definition) is 3. The van der Waals surface area contributed by atoms with Gasteiger partial charge in [0, 0.05) is 16.9 Å². The molecular formula is C14H16BrN3. The summed E-state index contributed by atoms with van der Waals surface area (Å²) in [5, 5.41) is 0. The summed E-state index contributed by atoms with van der Waals surface area (Å²) in [5.74, 6) is 5.69. The summed E-state index contributed by atoms with van der Waals surface area (Å²) in [5.41, 5.74) is 7.46. The predicted molar refractivity (Wildman–Crippen MR) is 77.0 cm³/mol. The Hall–Kier alpha value is -1.23. The van der Waals surface area contributed by atoms with Gasteiger partial charge in [0.25, 0.3) is 0 Å². The van der Waals surface area contributed by atoms with Crippen LogP contribution in [0.3, 0.4) is 0 Å². The van der Waals surface area contributed by atoms with Crippen molar-refractivity contribution in [3.63, 3.8) is 0 Å². The first-order valence-corrected chi connectivity index (χ1v) is 6.55. The van der Waals surface area contributed by atoms with Crippen LogP contribution >= 0.6 is 15.9 Å². The maximum atomic E-state index is 5.69. The van der Waals surface area contributed by atoms with Crippen molar-refractivity contribution < 1.29 is 0 Å². The van der Waals surface area contributed by atoms with Crippen molar-refractivity contribution in [3.8, 4) is 0 Å². The summed E-state index contributed by atoms with van der Waals surface area (Å²) in [6.07, 6.45) is 3.59. The first-order chi connectivity index (χ1) is 8.63. The highest BCUT2D eigenvalue weighted by Crippen LogP contribution is 2.28. The van der Waals surface area contributed by atoms with Crippen LogP contribution in [0.2, 0.25) is 0 Å². The molecule has 0 aliphatic carbocycles. The molecule has 0 saturated carbocycles. The molecule has 0 amide bonds. The fourth-order valence-electron chi connectivity index (χ4n) is 2.08. The molecule has 1 aromatic heterocycles. The van der Waals surface area contributed by atoms with Gasteiger partial charge in [-0.1, -0.05) is 34.1 Å². The average molecular weight is 306 g/mol. The Labute approximate surface area is 116 Å². The number of nitrogens with two attached hydrogens (primary N) is 1. The standard InChI is InChI=1S/C14H16BrN3/c1-9-6-12(7-10(2)13(9)15)14(18-16)11-4-3-5-17-8-11/h3-8,14,18H,16H2,1-2H3. The van der Waals surface area contributed by atoms with Gasteiger partial charge in [0.2, 0.25) is 0 Å². The largest absolute Gasteiger partial charge is 0.271 e. The fraction of sp³-hybridized carbons (Fsp3) is 0.214. The number of pyridine rings is 1. The minimum Gasteiger partial charge on any atom is -0.271 e. The first-order valence-electron chi connectivity index (χ1n) is 5.76. The number of aromatic nitrogens is 1. The minimum atomic E-state index is -0.0378. The second kappa shape index (κ2) is 5.61. The third-order valence-corrected chi connectivity index (χ3v) is 4.23. The van der Waals surface area contributed by atoms with Gasteiger partial charge in [0.05, 0.1) is 6.04 Å². The van der Waals surface area contributed by atoms with Crippen LogP contribution in [0.25, 0.3) is 0 Å². The lowest BCUT2D eigenvalue weighted by atomic mass is 9.97. The highest BCUT2D eigenvalue weighted by Gasteiger charge is 2.14. The third kappa shape index (κ3) is 2.61. The lowest BCUT2D eigenvalue weighted by Crippen LogP contribution is -2.29. The molecule has 4 heteroatoms. The van der Waals surface area contributed by atoms with E-state index in [9.17, 15) is 0 Å². The predicted octanol–water partition coefficient (Wildman–Crippen LogP) is 3.01. The van der Waals surface area contributed by atoms with Crippen molar-refractivity contribution in [2.45, 2.75) is 19.9 Å². The van der Waals surface area contributed by atoms with Crippen molar-refractivity contribution >= 4 is 15.9 Å². The van der Waals surface area contributed by atoms with Gasteiger partial charge in [-0.05, 0) is 42.2 Å². The number of nitrogens with zero attached hydrogens (tertiary/aromatic N) is 1. The summed E-state index contributed by atoms with van der Waals surface area (Å²) in [4.78, 5) is 4.14. The molecule has 0 bridgehead atoms. The zero-order chi connectivity index (χ0) is 13.1. The summed E-state index contributed by atoms with van der Waals surface area (Å²) in [7, 11) is 0. The number of benzene rings is 1. The van der Waals surface area contributed by atoms with E-state index in [1.54, 1.807) is 6.20 Å². The molecule has 94 valence electrons. The van der Waals surface area contributed by atoms with Gasteiger partial charge in [-0.25, -0.2) is 5.43 Å². The molecule has 0 spiro atoms. The zero-order valence-corrected chi connectivity index (χ0v) is 12.0. The molecule has 18 heavy (non-hydrogen) atoms. The van der Waals surface area contributed by atoms with E-state index in [-0.39, 0.29) is 6.04 Å². The highest BCUT2D eigenvalue weighted by atomic mass is 79.9. The van der Waals surface area contributed by atoms with Gasteiger partial charge < -0.3 is 0 Å². The summed E-state index contributed by atoms with van der Waals surface area (Å²) in [6.45, 7) is 4.16. The maximum absolute atomic E-state index is 5.69. The molecule has 3 N–H and O–H groups in total. The number of aryl methyl sites for hydroxylation is 2. The molecule has 1 heterocycles. The molecule has 1 atom stereocenters. The van der Waals surface area contributed by atoms with Gasteiger partial charge in [-0.15, -0.1) is 0 Å². The Morgan fingerprint density at radius 3 is 2.39 bits per heavy atom. The molecule has 0 saturated heterocycles.